The third-order valence-electron chi connectivity index (χ3n) is 2.89. The second kappa shape index (κ2) is 6.76. The lowest BCUT2D eigenvalue weighted by molar-refractivity contribution is 0.0903. The molecule has 1 aromatic rings. The summed E-state index contributed by atoms with van der Waals surface area (Å²) in [5, 5.41) is 0.830. The molecular formula is C13H16Br2O2. The van der Waals surface area contributed by atoms with Crippen LogP contribution in [0.3, 0.4) is 0 Å². The van der Waals surface area contributed by atoms with Crippen molar-refractivity contribution in [3.05, 3.63) is 28.2 Å². The van der Waals surface area contributed by atoms with Crippen LogP contribution in [-0.2, 0) is 10.1 Å². The minimum atomic E-state index is 0.404. The Kier molecular flexibility index (Phi) is 5.32. The van der Waals surface area contributed by atoms with Gasteiger partial charge in [-0.2, -0.15) is 0 Å². The van der Waals surface area contributed by atoms with Crippen LogP contribution >= 0.6 is 31.9 Å². The quantitative estimate of drug-likeness (QED) is 0.726. The van der Waals surface area contributed by atoms with Crippen LogP contribution in [0, 0.1) is 0 Å². The average molecular weight is 364 g/mol. The van der Waals surface area contributed by atoms with Crippen molar-refractivity contribution >= 4 is 31.9 Å². The Morgan fingerprint density at radius 2 is 2.29 bits per heavy atom. The SMILES string of the molecule is BrCc1cc(OCCC2CCCO2)ccc1Br. The van der Waals surface area contributed by atoms with E-state index in [1.54, 1.807) is 0 Å². The van der Waals surface area contributed by atoms with Crippen LogP contribution in [0.15, 0.2) is 22.7 Å². The fourth-order valence-corrected chi connectivity index (χ4v) is 3.15. The van der Waals surface area contributed by atoms with E-state index in [0.717, 1.165) is 35.2 Å². The van der Waals surface area contributed by atoms with E-state index in [0.29, 0.717) is 6.10 Å². The largest absolute Gasteiger partial charge is 0.493 e. The molecule has 1 aliphatic rings. The van der Waals surface area contributed by atoms with Crippen LogP contribution in [-0.4, -0.2) is 19.3 Å². The Balaban J connectivity index is 1.81. The lowest BCUT2D eigenvalue weighted by Gasteiger charge is -2.11. The highest BCUT2D eigenvalue weighted by Crippen LogP contribution is 2.25. The average Bonchev–Trinajstić information content (AvgIpc) is 2.84. The van der Waals surface area contributed by atoms with Gasteiger partial charge in [-0.25, -0.2) is 0 Å². The van der Waals surface area contributed by atoms with E-state index < -0.39 is 0 Å². The van der Waals surface area contributed by atoms with Crippen LogP contribution in [0.1, 0.15) is 24.8 Å². The van der Waals surface area contributed by atoms with Gasteiger partial charge in [0.2, 0.25) is 0 Å². The summed E-state index contributed by atoms with van der Waals surface area (Å²) in [6.45, 7) is 1.64. The molecule has 0 aliphatic carbocycles. The van der Waals surface area contributed by atoms with Crippen molar-refractivity contribution in [1.82, 2.24) is 0 Å². The molecule has 2 nitrogen and oxygen atoms in total. The van der Waals surface area contributed by atoms with Crippen molar-refractivity contribution in [2.75, 3.05) is 13.2 Å². The smallest absolute Gasteiger partial charge is 0.119 e. The van der Waals surface area contributed by atoms with Gasteiger partial charge in [-0.1, -0.05) is 31.9 Å². The van der Waals surface area contributed by atoms with Crippen molar-refractivity contribution in [1.29, 1.82) is 0 Å². The van der Waals surface area contributed by atoms with Gasteiger partial charge in [-0.05, 0) is 36.6 Å². The molecule has 0 saturated carbocycles. The maximum atomic E-state index is 5.74. The maximum absolute atomic E-state index is 5.74. The molecule has 1 fully saturated rings. The number of halogens is 2. The first-order valence-corrected chi connectivity index (χ1v) is 7.80. The Bertz CT molecular complexity index is 362. The minimum absolute atomic E-state index is 0.404. The van der Waals surface area contributed by atoms with Crippen molar-refractivity contribution < 1.29 is 9.47 Å². The van der Waals surface area contributed by atoms with E-state index in [4.69, 9.17) is 9.47 Å². The zero-order chi connectivity index (χ0) is 12.1. The number of alkyl halides is 1. The molecule has 0 radical (unpaired) electrons. The molecule has 1 unspecified atom stereocenters. The summed E-state index contributed by atoms with van der Waals surface area (Å²) in [7, 11) is 0. The summed E-state index contributed by atoms with van der Waals surface area (Å²) >= 11 is 6.97. The van der Waals surface area contributed by atoms with Gasteiger partial charge < -0.3 is 9.47 Å². The molecule has 0 N–H and O–H groups in total. The highest BCUT2D eigenvalue weighted by atomic mass is 79.9. The van der Waals surface area contributed by atoms with Gasteiger partial charge in [-0.15, -0.1) is 0 Å². The molecule has 0 spiro atoms. The molecule has 1 saturated heterocycles. The number of hydrogen-bond acceptors (Lipinski definition) is 2. The third kappa shape index (κ3) is 3.97. The first-order valence-electron chi connectivity index (χ1n) is 5.88. The van der Waals surface area contributed by atoms with E-state index in [-0.39, 0.29) is 0 Å². The van der Waals surface area contributed by atoms with Crippen molar-refractivity contribution in [3.63, 3.8) is 0 Å². The van der Waals surface area contributed by atoms with Crippen molar-refractivity contribution in [2.24, 2.45) is 0 Å². The van der Waals surface area contributed by atoms with Gasteiger partial charge in [0.25, 0.3) is 0 Å². The molecule has 1 aromatic carbocycles. The van der Waals surface area contributed by atoms with E-state index in [2.05, 4.69) is 37.9 Å². The number of hydrogen-bond donors (Lipinski definition) is 0. The number of benzene rings is 1. The van der Waals surface area contributed by atoms with Crippen LogP contribution in [0.25, 0.3) is 0 Å². The van der Waals surface area contributed by atoms with Gasteiger partial charge in [0.15, 0.2) is 0 Å². The lowest BCUT2D eigenvalue weighted by Crippen LogP contribution is -2.10. The number of ether oxygens (including phenoxy) is 2. The monoisotopic (exact) mass is 362 g/mol. The fourth-order valence-electron chi connectivity index (χ4n) is 1.92. The second-order valence-corrected chi connectivity index (χ2v) is 5.57. The Morgan fingerprint density at radius 3 is 3.00 bits per heavy atom. The molecule has 1 aliphatic heterocycles. The molecule has 94 valence electrons. The van der Waals surface area contributed by atoms with Gasteiger partial charge >= 0.3 is 0 Å². The first-order chi connectivity index (χ1) is 8.29. The second-order valence-electron chi connectivity index (χ2n) is 4.16. The standard InChI is InChI=1S/C13H16Br2O2/c14-9-10-8-12(3-4-13(10)15)17-7-5-11-2-1-6-16-11/h3-4,8,11H,1-2,5-7,9H2. The molecule has 1 heterocycles. The Morgan fingerprint density at radius 1 is 1.41 bits per heavy atom. The number of rotatable bonds is 5. The third-order valence-corrected chi connectivity index (χ3v) is 4.27. The van der Waals surface area contributed by atoms with E-state index in [9.17, 15) is 0 Å². The topological polar surface area (TPSA) is 18.5 Å². The predicted octanol–water partition coefficient (Wildman–Crippen LogP) is 4.29. The molecule has 1 atom stereocenters. The minimum Gasteiger partial charge on any atom is -0.493 e. The summed E-state index contributed by atoms with van der Waals surface area (Å²) in [4.78, 5) is 0. The van der Waals surface area contributed by atoms with Gasteiger partial charge in [0, 0.05) is 22.8 Å². The molecular weight excluding hydrogens is 348 g/mol. The van der Waals surface area contributed by atoms with Crippen molar-refractivity contribution in [2.45, 2.75) is 30.7 Å². The molecule has 0 aromatic heterocycles. The Hall–Kier alpha value is -0.0600. The normalized spacial score (nSPS) is 19.5. The van der Waals surface area contributed by atoms with Crippen LogP contribution in [0.4, 0.5) is 0 Å². The maximum Gasteiger partial charge on any atom is 0.119 e. The van der Waals surface area contributed by atoms with Crippen molar-refractivity contribution in [3.8, 4) is 5.75 Å². The van der Waals surface area contributed by atoms with Crippen LogP contribution in [0.2, 0.25) is 0 Å². The zero-order valence-electron chi connectivity index (χ0n) is 9.62. The van der Waals surface area contributed by atoms with E-state index >= 15 is 0 Å². The van der Waals surface area contributed by atoms with Gasteiger partial charge in [0.1, 0.15) is 5.75 Å². The highest BCUT2D eigenvalue weighted by molar-refractivity contribution is 9.10. The molecule has 0 amide bonds. The highest BCUT2D eigenvalue weighted by Gasteiger charge is 2.15. The van der Waals surface area contributed by atoms with E-state index in [1.807, 2.05) is 12.1 Å². The Labute approximate surface area is 119 Å². The molecule has 17 heavy (non-hydrogen) atoms. The van der Waals surface area contributed by atoms with E-state index in [1.165, 1.54) is 18.4 Å². The summed E-state index contributed by atoms with van der Waals surface area (Å²) in [5.74, 6) is 0.931. The van der Waals surface area contributed by atoms with Crippen LogP contribution in [0.5, 0.6) is 5.75 Å². The lowest BCUT2D eigenvalue weighted by atomic mass is 10.2. The van der Waals surface area contributed by atoms with Gasteiger partial charge in [-0.3, -0.25) is 0 Å². The molecule has 2 rings (SSSR count). The predicted molar refractivity (Wildman–Crippen MR) is 75.9 cm³/mol. The first kappa shape index (κ1) is 13.4. The summed E-state index contributed by atoms with van der Waals surface area (Å²) in [5.41, 5.74) is 1.21. The fraction of sp³-hybridized carbons (Fsp3) is 0.538. The molecule has 0 bridgehead atoms. The molecule has 4 heteroatoms. The summed E-state index contributed by atoms with van der Waals surface area (Å²) < 4.78 is 12.4. The van der Waals surface area contributed by atoms with Gasteiger partial charge in [0.05, 0.1) is 12.7 Å². The summed E-state index contributed by atoms with van der Waals surface area (Å²) in [6.07, 6.45) is 3.76. The summed E-state index contributed by atoms with van der Waals surface area (Å²) in [6, 6.07) is 6.08. The van der Waals surface area contributed by atoms with Crippen LogP contribution < -0.4 is 4.74 Å². The zero-order valence-corrected chi connectivity index (χ0v) is 12.8.